The molecule has 0 saturated heterocycles. The van der Waals surface area contributed by atoms with E-state index in [9.17, 15) is 0 Å². The maximum atomic E-state index is 4.88. The molecule has 2 aromatic rings. The molecule has 1 saturated carbocycles. The van der Waals surface area contributed by atoms with E-state index in [2.05, 4.69) is 49.7 Å². The maximum absolute atomic E-state index is 4.88. The Morgan fingerprint density at radius 2 is 2.05 bits per heavy atom. The average Bonchev–Trinajstić information content (AvgIpc) is 3.26. The van der Waals surface area contributed by atoms with E-state index in [4.69, 9.17) is 4.98 Å². The highest BCUT2D eigenvalue weighted by molar-refractivity contribution is 7.98. The van der Waals surface area contributed by atoms with Crippen molar-refractivity contribution in [3.05, 3.63) is 45.4 Å². The summed E-state index contributed by atoms with van der Waals surface area (Å²) in [5, 5.41) is 4.98. The molecule has 0 amide bonds. The lowest BCUT2D eigenvalue weighted by Crippen LogP contribution is -2.24. The third-order valence-corrected chi connectivity index (χ3v) is 5.74. The topological polar surface area (TPSA) is 24.9 Å². The van der Waals surface area contributed by atoms with Crippen LogP contribution in [0.15, 0.2) is 29.2 Å². The fraction of sp³-hybridized carbons (Fsp3) is 0.471. The summed E-state index contributed by atoms with van der Waals surface area (Å²) in [4.78, 5) is 7.55. The number of thiazole rings is 1. The molecule has 0 radical (unpaired) electrons. The third kappa shape index (κ3) is 3.50. The Hall–Kier alpha value is -0.840. The number of thioether (sulfide) groups is 1. The van der Waals surface area contributed by atoms with E-state index >= 15 is 0 Å². The van der Waals surface area contributed by atoms with Crippen molar-refractivity contribution in [1.82, 2.24) is 10.3 Å². The Bertz CT molecular complexity index is 600. The van der Waals surface area contributed by atoms with Crippen molar-refractivity contribution in [2.75, 3.05) is 6.26 Å². The first-order valence-electron chi connectivity index (χ1n) is 7.57. The molecular weight excluding hydrogens is 296 g/mol. The van der Waals surface area contributed by atoms with E-state index in [1.165, 1.54) is 38.9 Å². The van der Waals surface area contributed by atoms with Gasteiger partial charge in [0.2, 0.25) is 0 Å². The standard InChI is InChI=1S/C17H22N2S2/c1-4-15-11(2)21-17(19-15)16(18-13-7-8-13)12-5-9-14(20-3)10-6-12/h5-6,9-10,13,16,18H,4,7-8H2,1-3H3. The van der Waals surface area contributed by atoms with Crippen LogP contribution in [0.25, 0.3) is 0 Å². The van der Waals surface area contributed by atoms with Crippen molar-refractivity contribution in [1.29, 1.82) is 0 Å². The molecule has 4 heteroatoms. The number of aryl methyl sites for hydroxylation is 2. The second-order valence-electron chi connectivity index (χ2n) is 5.56. The molecule has 1 aliphatic carbocycles. The molecular formula is C17H22N2S2. The second kappa shape index (κ2) is 6.51. The summed E-state index contributed by atoms with van der Waals surface area (Å²) in [5.74, 6) is 0. The Kier molecular flexibility index (Phi) is 4.67. The predicted molar refractivity (Wildman–Crippen MR) is 92.5 cm³/mol. The molecule has 1 atom stereocenters. The van der Waals surface area contributed by atoms with Crippen LogP contribution in [-0.4, -0.2) is 17.3 Å². The predicted octanol–water partition coefficient (Wildman–Crippen LogP) is 4.58. The van der Waals surface area contributed by atoms with Crippen LogP contribution in [-0.2, 0) is 6.42 Å². The molecule has 1 aliphatic rings. The summed E-state index contributed by atoms with van der Waals surface area (Å²) < 4.78 is 0. The van der Waals surface area contributed by atoms with E-state index in [0.29, 0.717) is 6.04 Å². The molecule has 1 aromatic heterocycles. The molecule has 1 fully saturated rings. The van der Waals surface area contributed by atoms with Gasteiger partial charge in [0.25, 0.3) is 0 Å². The lowest BCUT2D eigenvalue weighted by molar-refractivity contribution is 0.596. The van der Waals surface area contributed by atoms with Crippen molar-refractivity contribution in [3.8, 4) is 0 Å². The van der Waals surface area contributed by atoms with Crippen molar-refractivity contribution in [3.63, 3.8) is 0 Å². The smallest absolute Gasteiger partial charge is 0.115 e. The second-order valence-corrected chi connectivity index (χ2v) is 7.67. The first-order chi connectivity index (χ1) is 10.2. The summed E-state index contributed by atoms with van der Waals surface area (Å²) in [6, 6.07) is 9.83. The third-order valence-electron chi connectivity index (χ3n) is 3.92. The van der Waals surface area contributed by atoms with Gasteiger partial charge in [-0.15, -0.1) is 23.1 Å². The van der Waals surface area contributed by atoms with Crippen molar-refractivity contribution in [2.45, 2.75) is 50.1 Å². The minimum atomic E-state index is 0.248. The van der Waals surface area contributed by atoms with E-state index in [1.807, 2.05) is 11.3 Å². The van der Waals surface area contributed by atoms with Gasteiger partial charge in [-0.1, -0.05) is 19.1 Å². The summed E-state index contributed by atoms with van der Waals surface area (Å²) in [6.45, 7) is 4.37. The van der Waals surface area contributed by atoms with Crippen LogP contribution in [0.2, 0.25) is 0 Å². The molecule has 0 bridgehead atoms. The SMILES string of the molecule is CCc1nc(C(NC2CC2)c2ccc(SC)cc2)sc1C. The maximum Gasteiger partial charge on any atom is 0.115 e. The Balaban J connectivity index is 1.91. The number of aromatic nitrogens is 1. The van der Waals surface area contributed by atoms with Crippen LogP contribution < -0.4 is 5.32 Å². The van der Waals surface area contributed by atoms with Crippen molar-refractivity contribution < 1.29 is 0 Å². The minimum Gasteiger partial charge on any atom is -0.301 e. The first kappa shape index (κ1) is 15.1. The van der Waals surface area contributed by atoms with Gasteiger partial charge >= 0.3 is 0 Å². The van der Waals surface area contributed by atoms with Crippen LogP contribution in [0.1, 0.15) is 46.9 Å². The van der Waals surface area contributed by atoms with Crippen LogP contribution in [0.3, 0.4) is 0 Å². The van der Waals surface area contributed by atoms with Gasteiger partial charge in [0, 0.05) is 15.8 Å². The summed E-state index contributed by atoms with van der Waals surface area (Å²) in [7, 11) is 0. The van der Waals surface area contributed by atoms with E-state index in [1.54, 1.807) is 11.8 Å². The fourth-order valence-electron chi connectivity index (χ4n) is 2.49. The number of hydrogen-bond donors (Lipinski definition) is 1. The number of benzene rings is 1. The number of nitrogens with zero attached hydrogens (tertiary/aromatic N) is 1. The highest BCUT2D eigenvalue weighted by atomic mass is 32.2. The average molecular weight is 319 g/mol. The lowest BCUT2D eigenvalue weighted by Gasteiger charge is -2.17. The molecule has 112 valence electrons. The number of hydrogen-bond acceptors (Lipinski definition) is 4. The molecule has 2 nitrogen and oxygen atoms in total. The summed E-state index contributed by atoms with van der Waals surface area (Å²) in [6.07, 6.45) is 5.73. The van der Waals surface area contributed by atoms with Crippen molar-refractivity contribution >= 4 is 23.1 Å². The molecule has 1 heterocycles. The normalized spacial score (nSPS) is 16.1. The summed E-state index contributed by atoms with van der Waals surface area (Å²) in [5.41, 5.74) is 2.58. The van der Waals surface area contributed by atoms with E-state index in [-0.39, 0.29) is 6.04 Å². The van der Waals surface area contributed by atoms with Gasteiger partial charge in [-0.2, -0.15) is 0 Å². The minimum absolute atomic E-state index is 0.248. The van der Waals surface area contributed by atoms with Gasteiger partial charge in [-0.05, 0) is 50.1 Å². The van der Waals surface area contributed by atoms with Gasteiger partial charge < -0.3 is 5.32 Å². The first-order valence-corrected chi connectivity index (χ1v) is 9.61. The number of nitrogens with one attached hydrogen (secondary N) is 1. The summed E-state index contributed by atoms with van der Waals surface area (Å²) >= 11 is 3.63. The Labute approximate surface area is 135 Å². The van der Waals surface area contributed by atoms with Crippen LogP contribution in [0, 0.1) is 6.92 Å². The molecule has 1 unspecified atom stereocenters. The van der Waals surface area contributed by atoms with Crippen molar-refractivity contribution in [2.24, 2.45) is 0 Å². The van der Waals surface area contributed by atoms with Gasteiger partial charge in [-0.3, -0.25) is 0 Å². The fourth-order valence-corrected chi connectivity index (χ4v) is 4.00. The molecule has 1 aromatic carbocycles. The largest absolute Gasteiger partial charge is 0.301 e. The molecule has 0 aliphatic heterocycles. The zero-order valence-electron chi connectivity index (χ0n) is 12.8. The Morgan fingerprint density at radius 1 is 1.33 bits per heavy atom. The molecule has 21 heavy (non-hydrogen) atoms. The molecule has 1 N–H and O–H groups in total. The molecule has 3 rings (SSSR count). The van der Waals surface area contributed by atoms with Crippen LogP contribution in [0.5, 0.6) is 0 Å². The zero-order valence-corrected chi connectivity index (χ0v) is 14.5. The monoisotopic (exact) mass is 318 g/mol. The molecule has 0 spiro atoms. The quantitative estimate of drug-likeness (QED) is 0.789. The lowest BCUT2D eigenvalue weighted by atomic mass is 10.1. The van der Waals surface area contributed by atoms with Gasteiger partial charge in [0.1, 0.15) is 5.01 Å². The van der Waals surface area contributed by atoms with E-state index < -0.39 is 0 Å². The van der Waals surface area contributed by atoms with E-state index in [0.717, 1.165) is 6.42 Å². The Morgan fingerprint density at radius 3 is 2.57 bits per heavy atom. The number of rotatable bonds is 6. The zero-order chi connectivity index (χ0) is 14.8. The highest BCUT2D eigenvalue weighted by Gasteiger charge is 2.28. The van der Waals surface area contributed by atoms with Gasteiger partial charge in [0.05, 0.1) is 11.7 Å². The highest BCUT2D eigenvalue weighted by Crippen LogP contribution is 2.33. The van der Waals surface area contributed by atoms with Crippen LogP contribution in [0.4, 0.5) is 0 Å². The van der Waals surface area contributed by atoms with Gasteiger partial charge in [0.15, 0.2) is 0 Å². The van der Waals surface area contributed by atoms with Gasteiger partial charge in [-0.25, -0.2) is 4.98 Å². The van der Waals surface area contributed by atoms with Crippen LogP contribution >= 0.6 is 23.1 Å².